The molecule has 1 aliphatic heterocycles. The molecule has 3 heteroatoms. The van der Waals surface area contributed by atoms with Gasteiger partial charge in [-0.1, -0.05) is 19.1 Å². The van der Waals surface area contributed by atoms with Gasteiger partial charge in [0.25, 0.3) is 0 Å². The Bertz CT molecular complexity index is 439. The first-order valence-electron chi connectivity index (χ1n) is 7.92. The van der Waals surface area contributed by atoms with Crippen molar-refractivity contribution in [3.05, 3.63) is 29.8 Å². The number of ether oxygens (including phenoxy) is 1. The zero-order valence-corrected chi connectivity index (χ0v) is 12.4. The molecule has 3 rings (SSSR count). The van der Waals surface area contributed by atoms with E-state index < -0.39 is 0 Å². The molecule has 1 saturated carbocycles. The van der Waals surface area contributed by atoms with Gasteiger partial charge >= 0.3 is 0 Å². The summed E-state index contributed by atoms with van der Waals surface area (Å²) in [5, 5.41) is 3.70. The predicted octanol–water partition coefficient (Wildman–Crippen LogP) is 2.71. The Kier molecular flexibility index (Phi) is 3.99. The van der Waals surface area contributed by atoms with E-state index in [1.165, 1.54) is 24.8 Å². The molecule has 1 aromatic rings. The fourth-order valence-corrected chi connectivity index (χ4v) is 3.43. The Morgan fingerprint density at radius 2 is 2.05 bits per heavy atom. The summed E-state index contributed by atoms with van der Waals surface area (Å²) < 4.78 is 5.76. The molecule has 0 spiro atoms. The molecule has 2 atom stereocenters. The third-order valence-corrected chi connectivity index (χ3v) is 5.00. The average Bonchev–Trinajstić information content (AvgIpc) is 3.11. The van der Waals surface area contributed by atoms with Crippen molar-refractivity contribution in [3.63, 3.8) is 0 Å². The molecule has 1 saturated heterocycles. The van der Waals surface area contributed by atoms with Crippen LogP contribution in [0, 0.1) is 5.92 Å². The Balaban J connectivity index is 1.52. The van der Waals surface area contributed by atoms with Crippen molar-refractivity contribution in [1.29, 1.82) is 0 Å². The van der Waals surface area contributed by atoms with E-state index in [2.05, 4.69) is 24.4 Å². The molecule has 1 aliphatic carbocycles. The lowest BCUT2D eigenvalue weighted by Gasteiger charge is -2.21. The van der Waals surface area contributed by atoms with Gasteiger partial charge in [-0.25, -0.2) is 0 Å². The van der Waals surface area contributed by atoms with Crippen LogP contribution in [0.25, 0.3) is 0 Å². The summed E-state index contributed by atoms with van der Waals surface area (Å²) in [6.45, 7) is 5.34. The summed E-state index contributed by atoms with van der Waals surface area (Å²) in [4.78, 5) is 0. The van der Waals surface area contributed by atoms with Crippen LogP contribution in [0.3, 0.4) is 0 Å². The van der Waals surface area contributed by atoms with Crippen LogP contribution in [0.2, 0.25) is 0 Å². The van der Waals surface area contributed by atoms with E-state index in [1.54, 1.807) is 0 Å². The van der Waals surface area contributed by atoms with Crippen molar-refractivity contribution in [2.75, 3.05) is 25.4 Å². The highest BCUT2D eigenvalue weighted by atomic mass is 16.5. The zero-order valence-electron chi connectivity index (χ0n) is 12.4. The van der Waals surface area contributed by atoms with Gasteiger partial charge in [0.2, 0.25) is 0 Å². The summed E-state index contributed by atoms with van der Waals surface area (Å²) in [5.41, 5.74) is 8.44. The fraction of sp³-hybridized carbons (Fsp3) is 0.647. The normalized spacial score (nSPS) is 27.6. The second kappa shape index (κ2) is 5.74. The molecule has 1 aromatic carbocycles. The van der Waals surface area contributed by atoms with Gasteiger partial charge in [-0.15, -0.1) is 0 Å². The molecule has 3 nitrogen and oxygen atoms in total. The lowest BCUT2D eigenvalue weighted by molar-refractivity contribution is 0.0872. The molecule has 0 aromatic heterocycles. The largest absolute Gasteiger partial charge is 0.399 e. The van der Waals surface area contributed by atoms with Crippen molar-refractivity contribution in [3.8, 4) is 0 Å². The molecule has 2 aliphatic rings. The standard InChI is InChI=1S/C17H26N2O/c1-2-16-13(7-10-20-16)11-19-12-17(8-9-17)14-3-5-15(18)6-4-14/h3-6,13,16,19H,2,7-12,18H2,1H3. The summed E-state index contributed by atoms with van der Waals surface area (Å²) in [5.74, 6) is 0.696. The molecular weight excluding hydrogens is 248 g/mol. The smallest absolute Gasteiger partial charge is 0.0613 e. The first-order chi connectivity index (χ1) is 9.73. The van der Waals surface area contributed by atoms with Crippen LogP contribution in [0.1, 0.15) is 38.2 Å². The summed E-state index contributed by atoms with van der Waals surface area (Å²) in [6.07, 6.45) is 5.40. The summed E-state index contributed by atoms with van der Waals surface area (Å²) in [6, 6.07) is 8.43. The zero-order chi connectivity index (χ0) is 14.0. The van der Waals surface area contributed by atoms with Crippen LogP contribution in [0.5, 0.6) is 0 Å². The number of hydrogen-bond acceptors (Lipinski definition) is 3. The molecule has 1 heterocycles. The number of anilines is 1. The van der Waals surface area contributed by atoms with Gasteiger partial charge in [-0.2, -0.15) is 0 Å². The maximum absolute atomic E-state index is 5.77. The van der Waals surface area contributed by atoms with E-state index in [4.69, 9.17) is 10.5 Å². The van der Waals surface area contributed by atoms with Gasteiger partial charge in [-0.05, 0) is 49.3 Å². The van der Waals surface area contributed by atoms with Gasteiger partial charge in [-0.3, -0.25) is 0 Å². The van der Waals surface area contributed by atoms with Crippen LogP contribution in [-0.4, -0.2) is 25.8 Å². The van der Waals surface area contributed by atoms with Crippen LogP contribution < -0.4 is 11.1 Å². The highest BCUT2D eigenvalue weighted by Crippen LogP contribution is 2.47. The summed E-state index contributed by atoms with van der Waals surface area (Å²) in [7, 11) is 0. The number of hydrogen-bond donors (Lipinski definition) is 2. The third kappa shape index (κ3) is 2.84. The number of benzene rings is 1. The second-order valence-electron chi connectivity index (χ2n) is 6.40. The maximum Gasteiger partial charge on any atom is 0.0613 e. The van der Waals surface area contributed by atoms with Gasteiger partial charge < -0.3 is 15.8 Å². The minimum absolute atomic E-state index is 0.370. The maximum atomic E-state index is 5.77. The number of rotatable bonds is 6. The van der Waals surface area contributed by atoms with Crippen molar-refractivity contribution in [2.24, 2.45) is 5.92 Å². The average molecular weight is 274 g/mol. The highest BCUT2D eigenvalue weighted by molar-refractivity contribution is 5.43. The van der Waals surface area contributed by atoms with Crippen molar-refractivity contribution in [1.82, 2.24) is 5.32 Å². The van der Waals surface area contributed by atoms with Gasteiger partial charge in [0, 0.05) is 30.8 Å². The Morgan fingerprint density at radius 3 is 2.70 bits per heavy atom. The van der Waals surface area contributed by atoms with Gasteiger partial charge in [0.05, 0.1) is 6.10 Å². The SMILES string of the molecule is CCC1OCCC1CNCC1(c2ccc(N)cc2)CC1. The molecule has 2 fully saturated rings. The second-order valence-corrected chi connectivity index (χ2v) is 6.40. The van der Waals surface area contributed by atoms with Crippen LogP contribution >= 0.6 is 0 Å². The van der Waals surface area contributed by atoms with E-state index in [0.29, 0.717) is 17.4 Å². The minimum Gasteiger partial charge on any atom is -0.399 e. The van der Waals surface area contributed by atoms with Crippen molar-refractivity contribution >= 4 is 5.69 Å². The summed E-state index contributed by atoms with van der Waals surface area (Å²) >= 11 is 0. The Hall–Kier alpha value is -1.06. The van der Waals surface area contributed by atoms with E-state index >= 15 is 0 Å². The lowest BCUT2D eigenvalue weighted by Crippen LogP contribution is -2.33. The number of nitrogen functional groups attached to an aromatic ring is 1. The molecule has 2 unspecified atom stereocenters. The van der Waals surface area contributed by atoms with Crippen LogP contribution in [0.4, 0.5) is 5.69 Å². The van der Waals surface area contributed by atoms with Crippen molar-refractivity contribution in [2.45, 2.75) is 44.1 Å². The lowest BCUT2D eigenvalue weighted by atomic mass is 9.94. The molecule has 0 amide bonds. The molecule has 110 valence electrons. The van der Waals surface area contributed by atoms with Gasteiger partial charge in [0.15, 0.2) is 0 Å². The monoisotopic (exact) mass is 274 g/mol. The van der Waals surface area contributed by atoms with E-state index in [-0.39, 0.29) is 0 Å². The molecule has 3 N–H and O–H groups in total. The molecular formula is C17H26N2O. The highest BCUT2D eigenvalue weighted by Gasteiger charge is 2.43. The Labute approximate surface area is 121 Å². The number of nitrogens with one attached hydrogen (secondary N) is 1. The van der Waals surface area contributed by atoms with E-state index in [1.807, 2.05) is 12.1 Å². The quantitative estimate of drug-likeness (QED) is 0.784. The molecule has 20 heavy (non-hydrogen) atoms. The van der Waals surface area contributed by atoms with Gasteiger partial charge in [0.1, 0.15) is 0 Å². The van der Waals surface area contributed by atoms with Crippen LogP contribution in [0.15, 0.2) is 24.3 Å². The van der Waals surface area contributed by atoms with Crippen LogP contribution in [-0.2, 0) is 10.2 Å². The Morgan fingerprint density at radius 1 is 1.30 bits per heavy atom. The van der Waals surface area contributed by atoms with E-state index in [9.17, 15) is 0 Å². The van der Waals surface area contributed by atoms with Crippen molar-refractivity contribution < 1.29 is 4.74 Å². The molecule has 0 radical (unpaired) electrons. The third-order valence-electron chi connectivity index (χ3n) is 5.00. The molecule has 0 bridgehead atoms. The predicted molar refractivity (Wildman–Crippen MR) is 82.8 cm³/mol. The minimum atomic E-state index is 0.370. The first kappa shape index (κ1) is 13.9. The number of nitrogens with two attached hydrogens (primary N) is 1. The van der Waals surface area contributed by atoms with E-state index in [0.717, 1.165) is 31.8 Å². The first-order valence-corrected chi connectivity index (χ1v) is 7.92. The fourth-order valence-electron chi connectivity index (χ4n) is 3.43. The topological polar surface area (TPSA) is 47.3 Å².